The standard InChI is InChI=1S/C10H21N2O2P/c1-6-14-15(13,11-7-9(11,2)3)12-8-10(12,4)5/h6-8H2,1-5H3. The largest absolute Gasteiger partial charge is 0.347 e. The molecule has 2 aliphatic heterocycles. The lowest BCUT2D eigenvalue weighted by Crippen LogP contribution is -2.18. The molecule has 2 fully saturated rings. The van der Waals surface area contributed by atoms with Gasteiger partial charge in [0.25, 0.3) is 0 Å². The van der Waals surface area contributed by atoms with Gasteiger partial charge >= 0.3 is 7.67 Å². The van der Waals surface area contributed by atoms with Crippen LogP contribution in [0.2, 0.25) is 0 Å². The zero-order valence-corrected chi connectivity index (χ0v) is 11.2. The zero-order valence-electron chi connectivity index (χ0n) is 10.3. The van der Waals surface area contributed by atoms with Crippen LogP contribution in [0.5, 0.6) is 0 Å². The van der Waals surface area contributed by atoms with Crippen LogP contribution in [0.1, 0.15) is 34.6 Å². The molecule has 4 nitrogen and oxygen atoms in total. The molecule has 0 aromatic carbocycles. The summed E-state index contributed by atoms with van der Waals surface area (Å²) in [5.74, 6) is 0. The second-order valence-corrected chi connectivity index (χ2v) is 7.85. The van der Waals surface area contributed by atoms with Crippen molar-refractivity contribution >= 4 is 7.67 Å². The minimum atomic E-state index is -2.72. The third-order valence-corrected chi connectivity index (χ3v) is 6.35. The molecule has 0 amide bonds. The molecule has 0 saturated carbocycles. The first kappa shape index (κ1) is 11.6. The first-order valence-corrected chi connectivity index (χ1v) is 7.08. The number of rotatable bonds is 4. The van der Waals surface area contributed by atoms with Crippen molar-refractivity contribution in [2.45, 2.75) is 45.7 Å². The summed E-state index contributed by atoms with van der Waals surface area (Å²) >= 11 is 0. The Balaban J connectivity index is 2.17. The van der Waals surface area contributed by atoms with Gasteiger partial charge in [-0.2, -0.15) is 0 Å². The maximum absolute atomic E-state index is 12.8. The summed E-state index contributed by atoms with van der Waals surface area (Å²) in [6.45, 7) is 12.6. The van der Waals surface area contributed by atoms with Crippen LogP contribution in [-0.4, -0.2) is 40.1 Å². The average molecular weight is 232 g/mol. The van der Waals surface area contributed by atoms with Gasteiger partial charge in [-0.15, -0.1) is 0 Å². The van der Waals surface area contributed by atoms with Crippen LogP contribution >= 0.6 is 7.67 Å². The topological polar surface area (TPSA) is 32.3 Å². The summed E-state index contributed by atoms with van der Waals surface area (Å²) in [6.07, 6.45) is 0. The third-order valence-electron chi connectivity index (χ3n) is 3.17. The SMILES string of the molecule is CCOP(=O)(N1CC1(C)C)N1CC1(C)C. The minimum absolute atomic E-state index is 0.0450. The molecular formula is C10H21N2O2P. The quantitative estimate of drug-likeness (QED) is 0.550. The molecule has 5 heteroatoms. The van der Waals surface area contributed by atoms with Gasteiger partial charge in [-0.3, -0.25) is 4.57 Å². The highest BCUT2D eigenvalue weighted by atomic mass is 31.2. The Hall–Kier alpha value is 0.110. The zero-order chi connectivity index (χ0) is 11.5. The molecule has 15 heavy (non-hydrogen) atoms. The van der Waals surface area contributed by atoms with Gasteiger partial charge in [-0.05, 0) is 34.6 Å². The summed E-state index contributed by atoms with van der Waals surface area (Å²) in [5.41, 5.74) is 0.0900. The monoisotopic (exact) mass is 232 g/mol. The van der Waals surface area contributed by atoms with Crippen LogP contribution in [0.3, 0.4) is 0 Å². The van der Waals surface area contributed by atoms with E-state index in [0.717, 1.165) is 13.1 Å². The van der Waals surface area contributed by atoms with Crippen molar-refractivity contribution in [3.05, 3.63) is 0 Å². The van der Waals surface area contributed by atoms with Gasteiger partial charge in [0, 0.05) is 24.2 Å². The molecule has 2 heterocycles. The normalized spacial score (nSPS) is 39.5. The predicted octanol–water partition coefficient (Wildman–Crippen LogP) is 2.32. The summed E-state index contributed by atoms with van der Waals surface area (Å²) in [7, 11) is -2.72. The highest BCUT2D eigenvalue weighted by Gasteiger charge is 2.65. The van der Waals surface area contributed by atoms with Crippen molar-refractivity contribution in [2.24, 2.45) is 0 Å². The van der Waals surface area contributed by atoms with Gasteiger partial charge in [-0.25, -0.2) is 9.34 Å². The van der Waals surface area contributed by atoms with Crippen LogP contribution in [-0.2, 0) is 9.09 Å². The van der Waals surface area contributed by atoms with Gasteiger partial charge in [0.15, 0.2) is 0 Å². The first-order valence-electron chi connectivity index (χ1n) is 5.55. The van der Waals surface area contributed by atoms with Crippen LogP contribution in [0, 0.1) is 0 Å². The Morgan fingerprint density at radius 1 is 1.13 bits per heavy atom. The summed E-state index contributed by atoms with van der Waals surface area (Å²) in [4.78, 5) is 0. The van der Waals surface area contributed by atoms with E-state index in [1.54, 1.807) is 0 Å². The molecule has 2 saturated heterocycles. The fourth-order valence-corrected chi connectivity index (χ4v) is 5.26. The van der Waals surface area contributed by atoms with E-state index < -0.39 is 7.67 Å². The third kappa shape index (κ3) is 1.78. The molecule has 88 valence electrons. The molecule has 2 rings (SSSR count). The molecule has 2 aliphatic rings. The Bertz CT molecular complexity index is 301. The summed E-state index contributed by atoms with van der Waals surface area (Å²) in [6, 6.07) is 0. The van der Waals surface area contributed by atoms with E-state index in [-0.39, 0.29) is 11.1 Å². The van der Waals surface area contributed by atoms with E-state index >= 15 is 0 Å². The van der Waals surface area contributed by atoms with Crippen LogP contribution in [0.25, 0.3) is 0 Å². The molecule has 2 unspecified atom stereocenters. The molecule has 0 bridgehead atoms. The lowest BCUT2D eigenvalue weighted by atomic mass is 10.2. The minimum Gasteiger partial charge on any atom is -0.306 e. The smallest absolute Gasteiger partial charge is 0.306 e. The van der Waals surface area contributed by atoms with Crippen molar-refractivity contribution in [1.29, 1.82) is 0 Å². The maximum Gasteiger partial charge on any atom is 0.347 e. The Morgan fingerprint density at radius 2 is 1.47 bits per heavy atom. The van der Waals surface area contributed by atoms with Crippen molar-refractivity contribution in [3.63, 3.8) is 0 Å². The van der Waals surface area contributed by atoms with E-state index in [1.165, 1.54) is 0 Å². The van der Waals surface area contributed by atoms with Crippen molar-refractivity contribution in [2.75, 3.05) is 19.7 Å². The van der Waals surface area contributed by atoms with Gasteiger partial charge in [-0.1, -0.05) is 0 Å². The van der Waals surface area contributed by atoms with Crippen LogP contribution < -0.4 is 0 Å². The number of hydrogen-bond donors (Lipinski definition) is 0. The van der Waals surface area contributed by atoms with E-state index in [2.05, 4.69) is 27.7 Å². The molecule has 0 N–H and O–H groups in total. The second-order valence-electron chi connectivity index (χ2n) is 5.65. The fraction of sp³-hybridized carbons (Fsp3) is 1.00. The Morgan fingerprint density at radius 3 is 1.67 bits per heavy atom. The second kappa shape index (κ2) is 3.07. The van der Waals surface area contributed by atoms with Crippen molar-refractivity contribution in [1.82, 2.24) is 9.34 Å². The molecule has 0 radical (unpaired) electrons. The summed E-state index contributed by atoms with van der Waals surface area (Å²) in [5, 5.41) is 0. The van der Waals surface area contributed by atoms with Crippen molar-refractivity contribution in [3.8, 4) is 0 Å². The molecule has 0 aromatic rings. The van der Waals surface area contributed by atoms with Gasteiger partial charge < -0.3 is 4.52 Å². The van der Waals surface area contributed by atoms with Crippen molar-refractivity contribution < 1.29 is 9.09 Å². The van der Waals surface area contributed by atoms with E-state index in [9.17, 15) is 4.57 Å². The highest BCUT2D eigenvalue weighted by Crippen LogP contribution is 2.70. The Kier molecular flexibility index (Phi) is 2.37. The molecule has 0 spiro atoms. The lowest BCUT2D eigenvalue weighted by molar-refractivity contribution is 0.273. The van der Waals surface area contributed by atoms with Gasteiger partial charge in [0.1, 0.15) is 0 Å². The number of hydrogen-bond acceptors (Lipinski definition) is 2. The van der Waals surface area contributed by atoms with Gasteiger partial charge in [0.2, 0.25) is 0 Å². The summed E-state index contributed by atoms with van der Waals surface area (Å²) < 4.78 is 22.4. The molecule has 0 aliphatic carbocycles. The molecule has 0 aromatic heterocycles. The predicted molar refractivity (Wildman–Crippen MR) is 60.8 cm³/mol. The van der Waals surface area contributed by atoms with E-state index in [1.807, 2.05) is 16.3 Å². The van der Waals surface area contributed by atoms with E-state index in [4.69, 9.17) is 4.52 Å². The first-order chi connectivity index (χ1) is 6.74. The Labute approximate surface area is 92.1 Å². The lowest BCUT2D eigenvalue weighted by Gasteiger charge is -2.23. The molecule has 2 atom stereocenters. The fourth-order valence-electron chi connectivity index (χ4n) is 1.96. The van der Waals surface area contributed by atoms with Gasteiger partial charge in [0.05, 0.1) is 6.61 Å². The number of nitrogens with zero attached hydrogens (tertiary/aromatic N) is 2. The average Bonchev–Trinajstić information content (AvgIpc) is 2.89. The maximum atomic E-state index is 12.8. The molecular weight excluding hydrogens is 211 g/mol. The van der Waals surface area contributed by atoms with Crippen LogP contribution in [0.15, 0.2) is 0 Å². The van der Waals surface area contributed by atoms with E-state index in [0.29, 0.717) is 6.61 Å². The van der Waals surface area contributed by atoms with Crippen LogP contribution in [0.4, 0.5) is 0 Å². The highest BCUT2D eigenvalue weighted by molar-refractivity contribution is 7.54.